The Labute approximate surface area is 201 Å². The van der Waals surface area contributed by atoms with Crippen molar-refractivity contribution in [2.24, 2.45) is 0 Å². The summed E-state index contributed by atoms with van der Waals surface area (Å²) in [5, 5.41) is 7.66. The summed E-state index contributed by atoms with van der Waals surface area (Å²) in [5.41, 5.74) is 1.71. The number of nitrogens with one attached hydrogen (secondary N) is 1. The number of carbonyl (C=O) groups is 2. The van der Waals surface area contributed by atoms with Gasteiger partial charge in [0.25, 0.3) is 11.8 Å². The van der Waals surface area contributed by atoms with Crippen molar-refractivity contribution in [3.8, 4) is 5.75 Å². The van der Waals surface area contributed by atoms with Gasteiger partial charge in [0, 0.05) is 36.8 Å². The van der Waals surface area contributed by atoms with Crippen molar-refractivity contribution in [2.75, 3.05) is 25.0 Å². The van der Waals surface area contributed by atoms with Gasteiger partial charge in [-0.2, -0.15) is 0 Å². The highest BCUT2D eigenvalue weighted by Gasteiger charge is 2.16. The van der Waals surface area contributed by atoms with Crippen molar-refractivity contribution in [1.82, 2.24) is 15.0 Å². The molecule has 1 aromatic carbocycles. The number of nitrogens with zero attached hydrogens (tertiary/aromatic N) is 3. The zero-order valence-corrected chi connectivity index (χ0v) is 20.2. The first-order valence-electron chi connectivity index (χ1n) is 10.4. The zero-order chi connectivity index (χ0) is 23.8. The van der Waals surface area contributed by atoms with Crippen molar-refractivity contribution in [3.63, 3.8) is 0 Å². The van der Waals surface area contributed by atoms with Gasteiger partial charge in [0.15, 0.2) is 6.61 Å². The average molecular weight is 489 g/mol. The van der Waals surface area contributed by atoms with Gasteiger partial charge in [-0.3, -0.25) is 9.59 Å². The number of thioether (sulfide) groups is 1. The second-order valence-corrected chi connectivity index (χ2v) is 8.40. The molecule has 8 nitrogen and oxygen atoms in total. The van der Waals surface area contributed by atoms with Crippen LogP contribution >= 0.6 is 23.4 Å². The van der Waals surface area contributed by atoms with Crippen LogP contribution in [-0.2, 0) is 10.5 Å². The van der Waals surface area contributed by atoms with Gasteiger partial charge in [-0.15, -0.1) is 0 Å². The SMILES string of the molecule is CCN(CC)C(=O)COc1ccc(NC(=O)c2cccnc2SCc2cc(C)on2)cc1Cl. The lowest BCUT2D eigenvalue weighted by Gasteiger charge is -2.19. The number of hydrogen-bond acceptors (Lipinski definition) is 7. The smallest absolute Gasteiger partial charge is 0.260 e. The number of ether oxygens (including phenoxy) is 1. The number of pyridine rings is 1. The molecule has 0 aliphatic heterocycles. The number of rotatable bonds is 10. The number of likely N-dealkylation sites (N-methyl/N-ethyl adjacent to an activating group) is 1. The van der Waals surface area contributed by atoms with E-state index in [1.165, 1.54) is 11.8 Å². The fraction of sp³-hybridized carbons (Fsp3) is 0.304. The maximum atomic E-state index is 12.9. The molecule has 0 bridgehead atoms. The number of carbonyl (C=O) groups excluding carboxylic acids is 2. The van der Waals surface area contributed by atoms with E-state index in [-0.39, 0.29) is 18.4 Å². The summed E-state index contributed by atoms with van der Waals surface area (Å²) in [7, 11) is 0. The molecule has 2 amide bonds. The third-order valence-electron chi connectivity index (χ3n) is 4.71. The van der Waals surface area contributed by atoms with Crippen LogP contribution in [0.5, 0.6) is 5.75 Å². The van der Waals surface area contributed by atoms with E-state index in [1.807, 2.05) is 26.8 Å². The van der Waals surface area contributed by atoms with Gasteiger partial charge >= 0.3 is 0 Å². The first kappa shape index (κ1) is 24.6. The van der Waals surface area contributed by atoms with Crippen LogP contribution in [0.25, 0.3) is 0 Å². The largest absolute Gasteiger partial charge is 0.482 e. The minimum absolute atomic E-state index is 0.103. The van der Waals surface area contributed by atoms with E-state index in [4.69, 9.17) is 20.9 Å². The third kappa shape index (κ3) is 6.72. The van der Waals surface area contributed by atoms with Crippen molar-refractivity contribution in [2.45, 2.75) is 31.6 Å². The molecule has 3 rings (SSSR count). The number of hydrogen-bond donors (Lipinski definition) is 1. The van der Waals surface area contributed by atoms with Crippen LogP contribution in [0.15, 0.2) is 52.1 Å². The minimum Gasteiger partial charge on any atom is -0.482 e. The summed E-state index contributed by atoms with van der Waals surface area (Å²) in [6.07, 6.45) is 1.63. The molecule has 3 aromatic rings. The Kier molecular flexibility index (Phi) is 8.73. The van der Waals surface area contributed by atoms with Gasteiger partial charge in [-0.1, -0.05) is 28.5 Å². The Morgan fingerprint density at radius 3 is 2.67 bits per heavy atom. The number of amides is 2. The van der Waals surface area contributed by atoms with E-state index >= 15 is 0 Å². The summed E-state index contributed by atoms with van der Waals surface area (Å²) < 4.78 is 10.6. The molecular formula is C23H25ClN4O4S. The van der Waals surface area contributed by atoms with Crippen LogP contribution in [0.1, 0.15) is 35.7 Å². The monoisotopic (exact) mass is 488 g/mol. The lowest BCUT2D eigenvalue weighted by Crippen LogP contribution is -2.34. The molecule has 2 aromatic heterocycles. The average Bonchev–Trinajstić information content (AvgIpc) is 3.23. The Morgan fingerprint density at radius 1 is 1.21 bits per heavy atom. The zero-order valence-electron chi connectivity index (χ0n) is 18.6. The minimum atomic E-state index is -0.316. The molecular weight excluding hydrogens is 464 g/mol. The second kappa shape index (κ2) is 11.7. The van der Waals surface area contributed by atoms with Crippen molar-refractivity contribution < 1.29 is 18.8 Å². The predicted octanol–water partition coefficient (Wildman–Crippen LogP) is 4.82. The van der Waals surface area contributed by atoms with Gasteiger partial charge in [-0.05, 0) is 51.1 Å². The molecule has 0 saturated heterocycles. The highest BCUT2D eigenvalue weighted by molar-refractivity contribution is 7.98. The standard InChI is InChI=1S/C23H25ClN4O4S/c1-4-28(5-2)21(29)13-31-20-9-8-16(12-19(20)24)26-22(30)18-7-6-10-25-23(18)33-14-17-11-15(3)32-27-17/h6-12H,4-5,13-14H2,1-3H3,(H,26,30). The Bertz CT molecular complexity index is 1120. The Hall–Kier alpha value is -3.04. The van der Waals surface area contributed by atoms with Gasteiger partial charge in [-0.25, -0.2) is 4.98 Å². The third-order valence-corrected chi connectivity index (χ3v) is 6.04. The quantitative estimate of drug-likeness (QED) is 0.408. The predicted molar refractivity (Wildman–Crippen MR) is 128 cm³/mol. The summed E-state index contributed by atoms with van der Waals surface area (Å²) in [6, 6.07) is 10.1. The van der Waals surface area contributed by atoms with E-state index in [0.717, 1.165) is 11.5 Å². The van der Waals surface area contributed by atoms with E-state index in [9.17, 15) is 9.59 Å². The molecule has 0 saturated carbocycles. The number of benzene rings is 1. The van der Waals surface area contributed by atoms with E-state index < -0.39 is 0 Å². The van der Waals surface area contributed by atoms with Crippen LogP contribution in [0.4, 0.5) is 5.69 Å². The molecule has 2 heterocycles. The summed E-state index contributed by atoms with van der Waals surface area (Å²) in [6.45, 7) is 6.77. The van der Waals surface area contributed by atoms with Gasteiger partial charge < -0.3 is 19.5 Å². The maximum Gasteiger partial charge on any atom is 0.260 e. The van der Waals surface area contributed by atoms with E-state index in [0.29, 0.717) is 45.9 Å². The lowest BCUT2D eigenvalue weighted by molar-refractivity contribution is -0.132. The summed E-state index contributed by atoms with van der Waals surface area (Å²) in [4.78, 5) is 31.0. The summed E-state index contributed by atoms with van der Waals surface area (Å²) >= 11 is 7.70. The van der Waals surface area contributed by atoms with Crippen molar-refractivity contribution in [1.29, 1.82) is 0 Å². The van der Waals surface area contributed by atoms with Crippen molar-refractivity contribution >= 4 is 40.9 Å². The van der Waals surface area contributed by atoms with Crippen LogP contribution in [-0.4, -0.2) is 46.6 Å². The van der Waals surface area contributed by atoms with Crippen LogP contribution in [0.3, 0.4) is 0 Å². The van der Waals surface area contributed by atoms with Gasteiger partial charge in [0.2, 0.25) is 0 Å². The molecule has 0 radical (unpaired) electrons. The molecule has 0 unspecified atom stereocenters. The second-order valence-electron chi connectivity index (χ2n) is 7.03. The molecule has 0 atom stereocenters. The molecule has 0 aliphatic rings. The molecule has 0 spiro atoms. The maximum absolute atomic E-state index is 12.9. The van der Waals surface area contributed by atoms with Gasteiger partial charge in [0.1, 0.15) is 16.5 Å². The van der Waals surface area contributed by atoms with E-state index in [1.54, 1.807) is 41.4 Å². The number of halogens is 1. The number of aryl methyl sites for hydroxylation is 1. The van der Waals surface area contributed by atoms with Crippen molar-refractivity contribution in [3.05, 3.63) is 64.6 Å². The Morgan fingerprint density at radius 2 is 2.00 bits per heavy atom. The first-order chi connectivity index (χ1) is 15.9. The van der Waals surface area contributed by atoms with Crippen LogP contribution in [0, 0.1) is 6.92 Å². The summed E-state index contributed by atoms with van der Waals surface area (Å²) in [5.74, 6) is 1.19. The molecule has 33 heavy (non-hydrogen) atoms. The highest BCUT2D eigenvalue weighted by Crippen LogP contribution is 2.29. The molecule has 10 heteroatoms. The number of anilines is 1. The normalized spacial score (nSPS) is 10.7. The van der Waals surface area contributed by atoms with Crippen LogP contribution < -0.4 is 10.1 Å². The number of aromatic nitrogens is 2. The fourth-order valence-corrected chi connectivity index (χ4v) is 4.12. The highest BCUT2D eigenvalue weighted by atomic mass is 35.5. The van der Waals surface area contributed by atoms with Gasteiger partial charge in [0.05, 0.1) is 16.3 Å². The fourth-order valence-electron chi connectivity index (χ4n) is 3.01. The Balaban J connectivity index is 1.63. The lowest BCUT2D eigenvalue weighted by atomic mass is 10.2. The first-order valence-corrected chi connectivity index (χ1v) is 11.8. The topological polar surface area (TPSA) is 97.6 Å². The molecule has 174 valence electrons. The molecule has 1 N–H and O–H groups in total. The molecule has 0 aliphatic carbocycles. The molecule has 0 fully saturated rings. The van der Waals surface area contributed by atoms with Crippen LogP contribution in [0.2, 0.25) is 5.02 Å². The van der Waals surface area contributed by atoms with E-state index in [2.05, 4.69) is 15.5 Å².